The van der Waals surface area contributed by atoms with Crippen molar-refractivity contribution in [2.24, 2.45) is 11.1 Å². The van der Waals surface area contributed by atoms with E-state index in [0.29, 0.717) is 5.69 Å². The number of benzene rings is 2. The van der Waals surface area contributed by atoms with E-state index in [2.05, 4.69) is 22.8 Å². The maximum absolute atomic E-state index is 11.8. The number of carbonyl (C=O) groups is 1. The van der Waals surface area contributed by atoms with Crippen molar-refractivity contribution in [2.75, 3.05) is 10.6 Å². The largest absolute Gasteiger partial charge is 0.447 e. The maximum Gasteiger partial charge on any atom is 0.411 e. The molecule has 1 aliphatic heterocycles. The summed E-state index contributed by atoms with van der Waals surface area (Å²) in [6.07, 6.45) is 4.51. The van der Waals surface area contributed by atoms with Crippen LogP contribution in [0.1, 0.15) is 43.4 Å². The summed E-state index contributed by atoms with van der Waals surface area (Å²) in [6, 6.07) is 12.7. The number of amides is 1. The van der Waals surface area contributed by atoms with E-state index in [1.165, 1.54) is 6.07 Å². The Kier molecular flexibility index (Phi) is 5.29. The van der Waals surface area contributed by atoms with Gasteiger partial charge in [0.25, 0.3) is 0 Å². The zero-order valence-electron chi connectivity index (χ0n) is 16.8. The minimum Gasteiger partial charge on any atom is -0.447 e. The molecule has 30 heavy (non-hydrogen) atoms. The second-order valence-corrected chi connectivity index (χ2v) is 9.53. The van der Waals surface area contributed by atoms with Crippen molar-refractivity contribution in [3.8, 4) is 0 Å². The van der Waals surface area contributed by atoms with E-state index in [9.17, 15) is 13.2 Å². The SMILES string of the molecule is CC(C)OC(=O)Nc1ccc([C@H]2Nc3ccc(S(N)(=O)=O)cc3[C@H]3C=CC[C@H]32)cc1. The van der Waals surface area contributed by atoms with Crippen LogP contribution in [0.2, 0.25) is 0 Å². The van der Waals surface area contributed by atoms with Crippen LogP contribution in [-0.4, -0.2) is 20.6 Å². The first-order chi connectivity index (χ1) is 14.2. The maximum atomic E-state index is 11.8. The molecule has 0 unspecified atom stereocenters. The lowest BCUT2D eigenvalue weighted by molar-refractivity contribution is 0.130. The smallest absolute Gasteiger partial charge is 0.411 e. The lowest BCUT2D eigenvalue weighted by atomic mass is 9.77. The van der Waals surface area contributed by atoms with Crippen molar-refractivity contribution < 1.29 is 17.9 Å². The third-order valence-corrected chi connectivity index (χ3v) is 6.43. The van der Waals surface area contributed by atoms with Crippen molar-refractivity contribution >= 4 is 27.5 Å². The first-order valence-corrected chi connectivity index (χ1v) is 11.4. The average Bonchev–Trinajstić information content (AvgIpc) is 3.16. The number of sulfonamides is 1. The molecule has 0 saturated heterocycles. The van der Waals surface area contributed by atoms with Crippen LogP contribution >= 0.6 is 0 Å². The topological polar surface area (TPSA) is 111 Å². The molecule has 3 atom stereocenters. The van der Waals surface area contributed by atoms with Crippen LogP contribution in [0.15, 0.2) is 59.5 Å². The quantitative estimate of drug-likeness (QED) is 0.636. The number of rotatable bonds is 4. The van der Waals surface area contributed by atoms with Gasteiger partial charge in [-0.05, 0) is 67.6 Å². The molecule has 0 saturated carbocycles. The molecule has 2 aliphatic rings. The van der Waals surface area contributed by atoms with Crippen molar-refractivity contribution in [1.82, 2.24) is 0 Å². The number of hydrogen-bond acceptors (Lipinski definition) is 5. The zero-order valence-corrected chi connectivity index (χ0v) is 17.6. The number of ether oxygens (including phenoxy) is 1. The highest BCUT2D eigenvalue weighted by Crippen LogP contribution is 2.50. The van der Waals surface area contributed by atoms with Crippen LogP contribution in [-0.2, 0) is 14.8 Å². The number of fused-ring (bicyclic) bond motifs is 3. The fourth-order valence-electron chi connectivity index (χ4n) is 4.21. The highest BCUT2D eigenvalue weighted by Gasteiger charge is 2.38. The molecule has 1 heterocycles. The Balaban J connectivity index is 1.58. The summed E-state index contributed by atoms with van der Waals surface area (Å²) in [6.45, 7) is 3.60. The molecule has 4 rings (SSSR count). The monoisotopic (exact) mass is 427 g/mol. The standard InChI is InChI=1S/C22H25N3O4S/c1-13(2)29-22(26)24-15-8-6-14(7-9-15)21-18-5-3-4-17(18)19-12-16(30(23,27)28)10-11-20(19)25-21/h3-4,6-13,17-18,21,25H,5H2,1-2H3,(H,24,26)(H2,23,27,28)/t17-,18+,21+/m0/s1. The fourth-order valence-corrected chi connectivity index (χ4v) is 4.76. The van der Waals surface area contributed by atoms with E-state index >= 15 is 0 Å². The summed E-state index contributed by atoms with van der Waals surface area (Å²) in [5, 5.41) is 11.6. The van der Waals surface area contributed by atoms with Gasteiger partial charge in [0.15, 0.2) is 0 Å². The summed E-state index contributed by atoms with van der Waals surface area (Å²) in [5.74, 6) is 0.379. The van der Waals surface area contributed by atoms with Crippen LogP contribution in [0.5, 0.6) is 0 Å². The van der Waals surface area contributed by atoms with Crippen LogP contribution < -0.4 is 15.8 Å². The number of primary sulfonamides is 1. The third kappa shape index (κ3) is 4.06. The van der Waals surface area contributed by atoms with E-state index in [0.717, 1.165) is 23.2 Å². The molecule has 0 fully saturated rings. The summed E-state index contributed by atoms with van der Waals surface area (Å²) in [5.41, 5.74) is 3.62. The van der Waals surface area contributed by atoms with Gasteiger partial charge in [-0.2, -0.15) is 0 Å². The van der Waals surface area contributed by atoms with Gasteiger partial charge >= 0.3 is 6.09 Å². The molecule has 8 heteroatoms. The van der Waals surface area contributed by atoms with Gasteiger partial charge in [0, 0.05) is 17.3 Å². The summed E-state index contributed by atoms with van der Waals surface area (Å²) in [4.78, 5) is 11.9. The molecule has 0 spiro atoms. The minimum atomic E-state index is -3.75. The van der Waals surface area contributed by atoms with E-state index < -0.39 is 16.1 Å². The summed E-state index contributed by atoms with van der Waals surface area (Å²) < 4.78 is 28.6. The lowest BCUT2D eigenvalue weighted by Gasteiger charge is -2.37. The Labute approximate surface area is 176 Å². The van der Waals surface area contributed by atoms with Crippen LogP contribution in [0.4, 0.5) is 16.2 Å². The van der Waals surface area contributed by atoms with E-state index in [1.54, 1.807) is 26.0 Å². The van der Waals surface area contributed by atoms with E-state index in [1.807, 2.05) is 24.3 Å². The first kappa shape index (κ1) is 20.4. The Morgan fingerprint density at radius 1 is 1.20 bits per heavy atom. The Bertz CT molecular complexity index is 1090. The van der Waals surface area contributed by atoms with Gasteiger partial charge in [-0.25, -0.2) is 18.4 Å². The van der Waals surface area contributed by atoms with Gasteiger partial charge in [0.1, 0.15) is 0 Å². The van der Waals surface area contributed by atoms with Crippen LogP contribution in [0.3, 0.4) is 0 Å². The molecule has 0 bridgehead atoms. The van der Waals surface area contributed by atoms with Crippen molar-refractivity contribution in [2.45, 2.75) is 43.2 Å². The molecule has 0 aromatic heterocycles. The molecule has 0 radical (unpaired) electrons. The second kappa shape index (κ2) is 7.77. The van der Waals surface area contributed by atoms with Crippen molar-refractivity contribution in [1.29, 1.82) is 0 Å². The highest BCUT2D eigenvalue weighted by molar-refractivity contribution is 7.89. The number of nitrogens with one attached hydrogen (secondary N) is 2. The second-order valence-electron chi connectivity index (χ2n) is 7.97. The molecular formula is C22H25N3O4S. The Hall–Kier alpha value is -2.84. The first-order valence-electron chi connectivity index (χ1n) is 9.90. The van der Waals surface area contributed by atoms with Crippen molar-refractivity contribution in [3.05, 3.63) is 65.7 Å². The van der Waals surface area contributed by atoms with Crippen LogP contribution in [0.25, 0.3) is 0 Å². The Morgan fingerprint density at radius 3 is 2.60 bits per heavy atom. The number of allylic oxidation sites excluding steroid dienone is 2. The number of carbonyl (C=O) groups excluding carboxylic acids is 1. The minimum absolute atomic E-state index is 0.0644. The molecule has 158 valence electrons. The highest BCUT2D eigenvalue weighted by atomic mass is 32.2. The molecule has 7 nitrogen and oxygen atoms in total. The average molecular weight is 428 g/mol. The molecule has 4 N–H and O–H groups in total. The van der Waals surface area contributed by atoms with Gasteiger partial charge in [-0.15, -0.1) is 0 Å². The van der Waals surface area contributed by atoms with Gasteiger partial charge in [0.05, 0.1) is 17.0 Å². The summed E-state index contributed by atoms with van der Waals surface area (Å²) >= 11 is 0. The van der Waals surface area contributed by atoms with Gasteiger partial charge in [0.2, 0.25) is 10.0 Å². The van der Waals surface area contributed by atoms with E-state index in [4.69, 9.17) is 9.88 Å². The van der Waals surface area contributed by atoms with E-state index in [-0.39, 0.29) is 28.9 Å². The zero-order chi connectivity index (χ0) is 21.5. The van der Waals surface area contributed by atoms with Gasteiger partial charge in [-0.3, -0.25) is 5.32 Å². The fraction of sp³-hybridized carbons (Fsp3) is 0.318. The number of hydrogen-bond donors (Lipinski definition) is 3. The van der Waals surface area contributed by atoms with Gasteiger partial charge in [-0.1, -0.05) is 24.3 Å². The van der Waals surface area contributed by atoms with Gasteiger partial charge < -0.3 is 10.1 Å². The number of anilines is 2. The lowest BCUT2D eigenvalue weighted by Crippen LogP contribution is -2.29. The predicted octanol–water partition coefficient (Wildman–Crippen LogP) is 4.12. The third-order valence-electron chi connectivity index (χ3n) is 5.52. The summed E-state index contributed by atoms with van der Waals surface area (Å²) in [7, 11) is -3.75. The molecular weight excluding hydrogens is 402 g/mol. The molecule has 1 amide bonds. The van der Waals surface area contributed by atoms with Crippen molar-refractivity contribution in [3.63, 3.8) is 0 Å². The predicted molar refractivity (Wildman–Crippen MR) is 116 cm³/mol. The Morgan fingerprint density at radius 2 is 1.93 bits per heavy atom. The molecule has 1 aliphatic carbocycles. The molecule has 2 aromatic rings. The number of nitrogens with two attached hydrogens (primary N) is 1. The van der Waals surface area contributed by atoms with Crippen LogP contribution in [0, 0.1) is 5.92 Å². The molecule has 2 aromatic carbocycles. The normalized spacial score (nSPS) is 22.2.